The van der Waals surface area contributed by atoms with Crippen LogP contribution in [0, 0.1) is 6.92 Å². The van der Waals surface area contributed by atoms with E-state index in [0.29, 0.717) is 11.7 Å². The van der Waals surface area contributed by atoms with Gasteiger partial charge in [-0.1, -0.05) is 18.2 Å². The first-order valence-electron chi connectivity index (χ1n) is 8.04. The Morgan fingerprint density at radius 1 is 1.33 bits per heavy atom. The minimum Gasteiger partial charge on any atom is -0.377 e. The summed E-state index contributed by atoms with van der Waals surface area (Å²) in [5.74, 6) is 0.799. The number of thioether (sulfide) groups is 1. The molecule has 0 spiro atoms. The highest BCUT2D eigenvalue weighted by molar-refractivity contribution is 9.10. The minimum atomic E-state index is -0.0880. The highest BCUT2D eigenvalue weighted by Gasteiger charge is 2.18. The van der Waals surface area contributed by atoms with Crippen molar-refractivity contribution in [2.24, 2.45) is 0 Å². The van der Waals surface area contributed by atoms with E-state index in [4.69, 9.17) is 4.74 Å². The Bertz CT molecular complexity index is 729. The number of ether oxygens (including phenoxy) is 1. The molecule has 3 nitrogen and oxygen atoms in total. The number of amides is 1. The van der Waals surface area contributed by atoms with E-state index in [1.54, 1.807) is 11.8 Å². The van der Waals surface area contributed by atoms with Crippen LogP contribution in [0.5, 0.6) is 0 Å². The molecule has 0 saturated carbocycles. The van der Waals surface area contributed by atoms with Crippen LogP contribution < -0.4 is 5.32 Å². The van der Waals surface area contributed by atoms with Crippen LogP contribution in [0.15, 0.2) is 51.8 Å². The zero-order valence-corrected chi connectivity index (χ0v) is 16.0. The number of hydrogen-bond donors (Lipinski definition) is 1. The summed E-state index contributed by atoms with van der Waals surface area (Å²) >= 11 is 5.20. The molecule has 1 aliphatic heterocycles. The van der Waals surface area contributed by atoms with Gasteiger partial charge in [-0.15, -0.1) is 11.8 Å². The third kappa shape index (κ3) is 4.41. The molecule has 2 aromatic carbocycles. The summed E-state index contributed by atoms with van der Waals surface area (Å²) in [5.41, 5.74) is 2.63. The highest BCUT2D eigenvalue weighted by Crippen LogP contribution is 2.29. The van der Waals surface area contributed by atoms with E-state index in [-0.39, 0.29) is 5.91 Å². The average Bonchev–Trinajstić information content (AvgIpc) is 3.09. The molecule has 126 valence electrons. The molecule has 1 atom stereocenters. The van der Waals surface area contributed by atoms with Crippen LogP contribution in [0.3, 0.4) is 0 Å². The molecule has 1 aliphatic rings. The van der Waals surface area contributed by atoms with E-state index in [9.17, 15) is 4.79 Å². The lowest BCUT2D eigenvalue weighted by Gasteiger charge is -2.13. The predicted octanol–water partition coefficient (Wildman–Crippen LogP) is 5.28. The van der Waals surface area contributed by atoms with Crippen molar-refractivity contribution < 1.29 is 9.53 Å². The van der Waals surface area contributed by atoms with Gasteiger partial charge in [-0.25, -0.2) is 0 Å². The van der Waals surface area contributed by atoms with Crippen molar-refractivity contribution in [3.05, 3.63) is 58.1 Å². The fourth-order valence-electron chi connectivity index (χ4n) is 2.65. The van der Waals surface area contributed by atoms with Gasteiger partial charge in [0.15, 0.2) is 0 Å². The standard InChI is InChI=1S/C19H20BrNO2S/c1-13-8-9-17(16(20)11-13)21-19(22)15-6-2-3-7-18(15)24-12-14-5-4-10-23-14/h2-3,6-9,11,14H,4-5,10,12H2,1H3,(H,21,22). The molecule has 0 aliphatic carbocycles. The van der Waals surface area contributed by atoms with Crippen LogP contribution in [0.25, 0.3) is 0 Å². The van der Waals surface area contributed by atoms with Crippen molar-refractivity contribution in [3.8, 4) is 0 Å². The zero-order valence-electron chi connectivity index (χ0n) is 13.5. The number of rotatable bonds is 5. The molecule has 0 aromatic heterocycles. The van der Waals surface area contributed by atoms with E-state index in [2.05, 4.69) is 21.2 Å². The summed E-state index contributed by atoms with van der Waals surface area (Å²) in [6, 6.07) is 13.6. The molecule has 1 heterocycles. The van der Waals surface area contributed by atoms with Gasteiger partial charge < -0.3 is 10.1 Å². The lowest BCUT2D eigenvalue weighted by Crippen LogP contribution is -2.14. The van der Waals surface area contributed by atoms with Gasteiger partial charge in [0.1, 0.15) is 0 Å². The van der Waals surface area contributed by atoms with Crippen LogP contribution >= 0.6 is 27.7 Å². The largest absolute Gasteiger partial charge is 0.377 e. The summed E-state index contributed by atoms with van der Waals surface area (Å²) in [6.07, 6.45) is 2.55. The molecule has 3 rings (SSSR count). The molecule has 24 heavy (non-hydrogen) atoms. The quantitative estimate of drug-likeness (QED) is 0.687. The number of benzene rings is 2. The first-order chi connectivity index (χ1) is 11.6. The second-order valence-corrected chi connectivity index (χ2v) is 7.80. The average molecular weight is 406 g/mol. The number of anilines is 1. The fraction of sp³-hybridized carbons (Fsp3) is 0.316. The molecular formula is C19H20BrNO2S. The van der Waals surface area contributed by atoms with E-state index < -0.39 is 0 Å². The van der Waals surface area contributed by atoms with Crippen molar-refractivity contribution in [1.29, 1.82) is 0 Å². The van der Waals surface area contributed by atoms with Crippen molar-refractivity contribution in [2.75, 3.05) is 17.7 Å². The second-order valence-electron chi connectivity index (χ2n) is 5.88. The smallest absolute Gasteiger partial charge is 0.256 e. The predicted molar refractivity (Wildman–Crippen MR) is 103 cm³/mol. The Morgan fingerprint density at radius 2 is 2.17 bits per heavy atom. The van der Waals surface area contributed by atoms with Crippen LogP contribution in [0.1, 0.15) is 28.8 Å². The summed E-state index contributed by atoms with van der Waals surface area (Å²) in [5, 5.41) is 2.99. The summed E-state index contributed by atoms with van der Waals surface area (Å²) in [4.78, 5) is 13.7. The van der Waals surface area contributed by atoms with E-state index in [1.807, 2.05) is 49.4 Å². The Hall–Kier alpha value is -1.30. The van der Waals surface area contributed by atoms with Crippen molar-refractivity contribution in [3.63, 3.8) is 0 Å². The number of hydrogen-bond acceptors (Lipinski definition) is 3. The Kier molecular flexibility index (Phi) is 5.98. The minimum absolute atomic E-state index is 0.0880. The van der Waals surface area contributed by atoms with Crippen LogP contribution in [0.4, 0.5) is 5.69 Å². The summed E-state index contributed by atoms with van der Waals surface area (Å²) < 4.78 is 6.56. The summed E-state index contributed by atoms with van der Waals surface area (Å²) in [6.45, 7) is 2.88. The molecule has 2 aromatic rings. The van der Waals surface area contributed by atoms with Crippen LogP contribution in [-0.2, 0) is 4.74 Å². The Labute approximate surface area is 155 Å². The molecule has 0 radical (unpaired) electrons. The van der Waals surface area contributed by atoms with Gasteiger partial charge in [0, 0.05) is 21.7 Å². The third-order valence-corrected chi connectivity index (χ3v) is 5.81. The van der Waals surface area contributed by atoms with E-state index >= 15 is 0 Å². The number of nitrogens with one attached hydrogen (secondary N) is 1. The molecular weight excluding hydrogens is 386 g/mol. The van der Waals surface area contributed by atoms with Crippen molar-refractivity contribution >= 4 is 39.3 Å². The topological polar surface area (TPSA) is 38.3 Å². The van der Waals surface area contributed by atoms with Crippen molar-refractivity contribution in [1.82, 2.24) is 0 Å². The van der Waals surface area contributed by atoms with Crippen LogP contribution in [0.2, 0.25) is 0 Å². The molecule has 1 saturated heterocycles. The highest BCUT2D eigenvalue weighted by atomic mass is 79.9. The van der Waals surface area contributed by atoms with Gasteiger partial charge in [0.25, 0.3) is 5.91 Å². The van der Waals surface area contributed by atoms with Gasteiger partial charge in [-0.3, -0.25) is 4.79 Å². The first-order valence-corrected chi connectivity index (χ1v) is 9.82. The molecule has 1 unspecified atom stereocenters. The molecule has 1 fully saturated rings. The summed E-state index contributed by atoms with van der Waals surface area (Å²) in [7, 11) is 0. The SMILES string of the molecule is Cc1ccc(NC(=O)c2ccccc2SCC2CCCO2)c(Br)c1. The Morgan fingerprint density at radius 3 is 2.92 bits per heavy atom. The maximum Gasteiger partial charge on any atom is 0.256 e. The number of aryl methyl sites for hydroxylation is 1. The zero-order chi connectivity index (χ0) is 16.9. The number of carbonyl (C=O) groups excluding carboxylic acids is 1. The van der Waals surface area contributed by atoms with Crippen molar-refractivity contribution in [2.45, 2.75) is 30.8 Å². The number of halogens is 1. The number of carbonyl (C=O) groups is 1. The maximum absolute atomic E-state index is 12.7. The molecule has 5 heteroatoms. The molecule has 1 amide bonds. The van der Waals surface area contributed by atoms with Gasteiger partial charge in [-0.05, 0) is 65.5 Å². The van der Waals surface area contributed by atoms with Crippen LogP contribution in [-0.4, -0.2) is 24.4 Å². The first kappa shape index (κ1) is 17.5. The van der Waals surface area contributed by atoms with Gasteiger partial charge in [0.05, 0.1) is 17.4 Å². The monoisotopic (exact) mass is 405 g/mol. The third-order valence-electron chi connectivity index (χ3n) is 3.95. The second kappa shape index (κ2) is 8.19. The maximum atomic E-state index is 12.7. The van der Waals surface area contributed by atoms with Gasteiger partial charge in [-0.2, -0.15) is 0 Å². The molecule has 1 N–H and O–H groups in total. The van der Waals surface area contributed by atoms with Gasteiger partial charge in [0.2, 0.25) is 0 Å². The normalized spacial score (nSPS) is 17.0. The lowest BCUT2D eigenvalue weighted by atomic mass is 10.2. The van der Waals surface area contributed by atoms with Gasteiger partial charge >= 0.3 is 0 Å². The lowest BCUT2D eigenvalue weighted by molar-refractivity contribution is 0.102. The van der Waals surface area contributed by atoms with E-state index in [1.165, 1.54) is 0 Å². The Balaban J connectivity index is 1.72. The fourth-order valence-corrected chi connectivity index (χ4v) is 4.36. The molecule has 0 bridgehead atoms. The van der Waals surface area contributed by atoms with E-state index in [0.717, 1.165) is 45.8 Å².